The van der Waals surface area contributed by atoms with Crippen LogP contribution in [0.1, 0.15) is 18.5 Å². The quantitative estimate of drug-likeness (QED) is 0.758. The van der Waals surface area contributed by atoms with Gasteiger partial charge in [-0.05, 0) is 37.9 Å². The molecule has 2 heterocycles. The van der Waals surface area contributed by atoms with Crippen LogP contribution >= 0.6 is 0 Å². The van der Waals surface area contributed by atoms with Gasteiger partial charge in [0.05, 0.1) is 17.5 Å². The summed E-state index contributed by atoms with van der Waals surface area (Å²) in [6.07, 6.45) is 4.18. The van der Waals surface area contributed by atoms with Gasteiger partial charge in [0, 0.05) is 24.8 Å². The van der Waals surface area contributed by atoms with Crippen LogP contribution in [0.4, 0.5) is 0 Å². The second-order valence-electron chi connectivity index (χ2n) is 6.80. The summed E-state index contributed by atoms with van der Waals surface area (Å²) >= 11 is 0. The lowest BCUT2D eigenvalue weighted by Crippen LogP contribution is -2.30. The summed E-state index contributed by atoms with van der Waals surface area (Å²) in [4.78, 5) is 7.04. The molecule has 24 heavy (non-hydrogen) atoms. The lowest BCUT2D eigenvalue weighted by molar-refractivity contribution is 0.103. The average molecular weight is 321 g/mol. The first-order valence-electron chi connectivity index (χ1n) is 8.60. The molecule has 1 unspecified atom stereocenters. The normalized spacial score (nSPS) is 16.0. The summed E-state index contributed by atoms with van der Waals surface area (Å²) in [5.41, 5.74) is 4.28. The molecule has 0 bridgehead atoms. The Balaban J connectivity index is 1.67. The minimum Gasteiger partial charge on any atom is -0.392 e. The molecule has 0 aliphatic heterocycles. The van der Waals surface area contributed by atoms with Gasteiger partial charge in [-0.15, -0.1) is 0 Å². The molecule has 1 saturated carbocycles. The zero-order valence-electron chi connectivity index (χ0n) is 14.0. The summed E-state index contributed by atoms with van der Waals surface area (Å²) in [6.45, 7) is 1.47. The van der Waals surface area contributed by atoms with E-state index in [0.717, 1.165) is 23.4 Å². The van der Waals surface area contributed by atoms with E-state index in [1.807, 2.05) is 36.4 Å². The number of benzene rings is 1. The summed E-state index contributed by atoms with van der Waals surface area (Å²) in [5, 5.41) is 10.2. The molecule has 1 aliphatic rings. The predicted octanol–water partition coefficient (Wildman–Crippen LogP) is 3.20. The zero-order chi connectivity index (χ0) is 16.5. The number of likely N-dealkylation sites (N-methyl/N-ethyl adjacent to an activating group) is 1. The Morgan fingerprint density at radius 1 is 1.17 bits per heavy atom. The largest absolute Gasteiger partial charge is 0.392 e. The molecule has 2 aromatic heterocycles. The molecular weight excluding hydrogens is 298 g/mol. The summed E-state index contributed by atoms with van der Waals surface area (Å²) in [6, 6.07) is 16.4. The fourth-order valence-electron chi connectivity index (χ4n) is 3.29. The van der Waals surface area contributed by atoms with Crippen LogP contribution in [0.2, 0.25) is 0 Å². The summed E-state index contributed by atoms with van der Waals surface area (Å²) in [7, 11) is 2.07. The molecule has 1 aliphatic carbocycles. The topological polar surface area (TPSA) is 40.8 Å². The number of pyridine rings is 1. The molecule has 4 heteroatoms. The third-order valence-corrected chi connectivity index (χ3v) is 4.76. The third kappa shape index (κ3) is 3.07. The first-order chi connectivity index (χ1) is 11.7. The summed E-state index contributed by atoms with van der Waals surface area (Å²) in [5.74, 6) is 0.503. The third-order valence-electron chi connectivity index (χ3n) is 4.76. The second kappa shape index (κ2) is 6.38. The Hall–Kier alpha value is -2.17. The van der Waals surface area contributed by atoms with Crippen molar-refractivity contribution in [2.45, 2.75) is 25.5 Å². The Labute approximate surface area is 142 Å². The van der Waals surface area contributed by atoms with E-state index in [-0.39, 0.29) is 6.10 Å². The van der Waals surface area contributed by atoms with E-state index in [9.17, 15) is 5.11 Å². The minimum absolute atomic E-state index is 0.214. The van der Waals surface area contributed by atoms with Crippen LogP contribution in [0.15, 0.2) is 54.7 Å². The van der Waals surface area contributed by atoms with Crippen molar-refractivity contribution in [3.05, 3.63) is 60.4 Å². The van der Waals surface area contributed by atoms with Crippen LogP contribution < -0.4 is 0 Å². The first kappa shape index (κ1) is 15.4. The number of aromatic nitrogens is 2. The van der Waals surface area contributed by atoms with E-state index < -0.39 is 0 Å². The van der Waals surface area contributed by atoms with E-state index in [2.05, 4.69) is 34.7 Å². The minimum atomic E-state index is -0.214. The molecule has 4 rings (SSSR count). The molecule has 0 spiro atoms. The second-order valence-corrected chi connectivity index (χ2v) is 6.80. The van der Waals surface area contributed by atoms with E-state index in [1.54, 1.807) is 0 Å². The fraction of sp³-hybridized carbons (Fsp3) is 0.350. The van der Waals surface area contributed by atoms with Crippen molar-refractivity contribution in [3.8, 4) is 11.3 Å². The molecular formula is C20H23N3O. The fourth-order valence-corrected chi connectivity index (χ4v) is 3.29. The number of hydrogen-bond donors (Lipinski definition) is 1. The number of aliphatic hydroxyl groups excluding tert-OH is 1. The number of imidazole rings is 1. The SMILES string of the molecule is CN(Cc1c(-c2ccccc2)nc2ccccn12)CC(O)C1CC1. The van der Waals surface area contributed by atoms with Crippen LogP contribution in [-0.4, -0.2) is 39.1 Å². The zero-order valence-corrected chi connectivity index (χ0v) is 14.0. The van der Waals surface area contributed by atoms with Gasteiger partial charge in [-0.25, -0.2) is 4.98 Å². The highest BCUT2D eigenvalue weighted by molar-refractivity contribution is 5.66. The number of aliphatic hydroxyl groups is 1. The maximum absolute atomic E-state index is 10.2. The van der Waals surface area contributed by atoms with Crippen molar-refractivity contribution in [3.63, 3.8) is 0 Å². The maximum Gasteiger partial charge on any atom is 0.137 e. The van der Waals surface area contributed by atoms with Crippen LogP contribution in [0.5, 0.6) is 0 Å². The molecule has 1 atom stereocenters. The van der Waals surface area contributed by atoms with Crippen LogP contribution in [0.25, 0.3) is 16.9 Å². The summed E-state index contributed by atoms with van der Waals surface area (Å²) < 4.78 is 2.16. The average Bonchev–Trinajstić information content (AvgIpc) is 3.39. The van der Waals surface area contributed by atoms with Gasteiger partial charge in [-0.2, -0.15) is 0 Å². The highest BCUT2D eigenvalue weighted by Crippen LogP contribution is 2.33. The van der Waals surface area contributed by atoms with Gasteiger partial charge in [0.1, 0.15) is 5.65 Å². The molecule has 0 amide bonds. The monoisotopic (exact) mass is 321 g/mol. The van der Waals surface area contributed by atoms with Crippen molar-refractivity contribution < 1.29 is 5.11 Å². The van der Waals surface area contributed by atoms with Gasteiger partial charge in [-0.1, -0.05) is 36.4 Å². The lowest BCUT2D eigenvalue weighted by Gasteiger charge is -2.20. The van der Waals surface area contributed by atoms with Gasteiger partial charge in [-0.3, -0.25) is 4.90 Å². The molecule has 0 radical (unpaired) electrons. The Bertz CT molecular complexity index is 823. The maximum atomic E-state index is 10.2. The number of nitrogens with zero attached hydrogens (tertiary/aromatic N) is 3. The number of fused-ring (bicyclic) bond motifs is 1. The molecule has 124 valence electrons. The Morgan fingerprint density at radius 2 is 1.92 bits per heavy atom. The van der Waals surface area contributed by atoms with Crippen LogP contribution in [0.3, 0.4) is 0 Å². The highest BCUT2D eigenvalue weighted by atomic mass is 16.3. The smallest absolute Gasteiger partial charge is 0.137 e. The van der Waals surface area contributed by atoms with Crippen LogP contribution in [-0.2, 0) is 6.54 Å². The number of rotatable bonds is 6. The molecule has 0 saturated heterocycles. The van der Waals surface area contributed by atoms with Crippen molar-refractivity contribution in [2.24, 2.45) is 5.92 Å². The van der Waals surface area contributed by atoms with E-state index in [0.29, 0.717) is 12.5 Å². The van der Waals surface area contributed by atoms with Gasteiger partial charge in [0.25, 0.3) is 0 Å². The molecule has 3 aromatic rings. The van der Waals surface area contributed by atoms with Crippen LogP contribution in [0, 0.1) is 5.92 Å². The van der Waals surface area contributed by atoms with Crippen molar-refractivity contribution in [2.75, 3.05) is 13.6 Å². The van der Waals surface area contributed by atoms with E-state index in [1.165, 1.54) is 18.5 Å². The van der Waals surface area contributed by atoms with E-state index >= 15 is 0 Å². The van der Waals surface area contributed by atoms with E-state index in [4.69, 9.17) is 4.98 Å². The first-order valence-corrected chi connectivity index (χ1v) is 8.60. The van der Waals surface area contributed by atoms with Crippen molar-refractivity contribution in [1.29, 1.82) is 0 Å². The lowest BCUT2D eigenvalue weighted by atomic mass is 10.1. The van der Waals surface area contributed by atoms with Crippen molar-refractivity contribution >= 4 is 5.65 Å². The predicted molar refractivity (Wildman–Crippen MR) is 95.7 cm³/mol. The van der Waals surface area contributed by atoms with Gasteiger partial charge < -0.3 is 9.51 Å². The Morgan fingerprint density at radius 3 is 2.67 bits per heavy atom. The van der Waals surface area contributed by atoms with Gasteiger partial charge in [0.15, 0.2) is 0 Å². The highest BCUT2D eigenvalue weighted by Gasteiger charge is 2.30. The van der Waals surface area contributed by atoms with Gasteiger partial charge >= 0.3 is 0 Å². The van der Waals surface area contributed by atoms with Crippen molar-refractivity contribution in [1.82, 2.24) is 14.3 Å². The molecule has 4 nitrogen and oxygen atoms in total. The molecule has 1 N–H and O–H groups in total. The number of hydrogen-bond acceptors (Lipinski definition) is 3. The Kier molecular flexibility index (Phi) is 4.08. The molecule has 1 aromatic carbocycles. The standard InChI is InChI=1S/C20H23N3O/c1-22(14-18(24)15-10-11-15)13-17-20(16-7-3-2-4-8-16)21-19-9-5-6-12-23(17)19/h2-9,12,15,18,24H,10-11,13-14H2,1H3. The van der Waals surface area contributed by atoms with Gasteiger partial charge in [0.2, 0.25) is 0 Å². The molecule has 1 fully saturated rings.